The summed E-state index contributed by atoms with van der Waals surface area (Å²) in [5, 5.41) is 2.87. The Morgan fingerprint density at radius 1 is 1.03 bits per heavy atom. The lowest BCUT2D eigenvalue weighted by Gasteiger charge is -2.20. The fraction of sp³-hybridized carbons (Fsp3) is 0.435. The first kappa shape index (κ1) is 22.3. The first-order valence-electron chi connectivity index (χ1n) is 10.5. The molecule has 30 heavy (non-hydrogen) atoms. The zero-order valence-corrected chi connectivity index (χ0v) is 18.5. The Labute approximate surface area is 179 Å². The molecule has 1 fully saturated rings. The zero-order valence-electron chi connectivity index (χ0n) is 17.6. The van der Waals surface area contributed by atoms with Crippen LogP contribution in [0, 0.1) is 0 Å². The van der Waals surface area contributed by atoms with Crippen molar-refractivity contribution in [2.24, 2.45) is 0 Å². The predicted octanol–water partition coefficient (Wildman–Crippen LogP) is 3.97. The molecule has 1 amide bonds. The molecule has 0 aromatic heterocycles. The van der Waals surface area contributed by atoms with E-state index in [9.17, 15) is 13.2 Å². The molecule has 0 spiro atoms. The van der Waals surface area contributed by atoms with Gasteiger partial charge in [0.1, 0.15) is 5.75 Å². The Balaban J connectivity index is 1.72. The van der Waals surface area contributed by atoms with Crippen LogP contribution in [0.1, 0.15) is 55.5 Å². The average molecular weight is 431 g/mol. The number of benzene rings is 2. The monoisotopic (exact) mass is 430 g/mol. The highest BCUT2D eigenvalue weighted by atomic mass is 32.2. The van der Waals surface area contributed by atoms with Crippen LogP contribution in [0.4, 0.5) is 0 Å². The minimum absolute atomic E-state index is 0.0303. The van der Waals surface area contributed by atoms with E-state index in [1.807, 2.05) is 38.1 Å². The van der Waals surface area contributed by atoms with E-state index in [1.54, 1.807) is 18.2 Å². The first-order valence-corrected chi connectivity index (χ1v) is 11.9. The van der Waals surface area contributed by atoms with Crippen molar-refractivity contribution in [3.8, 4) is 5.75 Å². The topological polar surface area (TPSA) is 75.7 Å². The van der Waals surface area contributed by atoms with Crippen molar-refractivity contribution >= 4 is 15.9 Å². The van der Waals surface area contributed by atoms with Gasteiger partial charge in [-0.15, -0.1) is 0 Å². The van der Waals surface area contributed by atoms with Gasteiger partial charge in [-0.2, -0.15) is 4.31 Å². The van der Waals surface area contributed by atoms with Gasteiger partial charge in [0.05, 0.1) is 11.0 Å². The molecule has 162 valence electrons. The Bertz CT molecular complexity index is 965. The van der Waals surface area contributed by atoms with Crippen LogP contribution in [-0.4, -0.2) is 37.8 Å². The van der Waals surface area contributed by atoms with Gasteiger partial charge in [0, 0.05) is 30.8 Å². The highest BCUT2D eigenvalue weighted by Crippen LogP contribution is 2.22. The van der Waals surface area contributed by atoms with Crippen molar-refractivity contribution in [3.63, 3.8) is 0 Å². The maximum atomic E-state index is 13.0. The standard InChI is InChI=1S/C23H30N2O4S/c1-18(2)29-22-13-6-5-10-20(22)17-24-23(26)19-11-9-12-21(16-19)30(27,28)25-14-7-3-4-8-15-25/h5-6,9-13,16,18H,3-4,7-8,14-15,17H2,1-2H3,(H,24,26). The third-order valence-corrected chi connectivity index (χ3v) is 6.97. The number of ether oxygens (including phenoxy) is 1. The first-order chi connectivity index (χ1) is 14.4. The van der Waals surface area contributed by atoms with Crippen LogP contribution in [0.3, 0.4) is 0 Å². The number of amides is 1. The maximum Gasteiger partial charge on any atom is 0.251 e. The zero-order chi connectivity index (χ0) is 21.6. The molecule has 1 N–H and O–H groups in total. The molecule has 2 aromatic carbocycles. The SMILES string of the molecule is CC(C)Oc1ccccc1CNC(=O)c1cccc(S(=O)(=O)N2CCCCCC2)c1. The number of carbonyl (C=O) groups is 1. The number of carbonyl (C=O) groups excluding carboxylic acids is 1. The largest absolute Gasteiger partial charge is 0.491 e. The molecular weight excluding hydrogens is 400 g/mol. The summed E-state index contributed by atoms with van der Waals surface area (Å²) >= 11 is 0. The molecule has 0 radical (unpaired) electrons. The minimum Gasteiger partial charge on any atom is -0.491 e. The molecule has 0 saturated carbocycles. The van der Waals surface area contributed by atoms with E-state index in [2.05, 4.69) is 5.32 Å². The van der Waals surface area contributed by atoms with Gasteiger partial charge in [0.25, 0.3) is 5.91 Å². The van der Waals surface area contributed by atoms with Crippen molar-refractivity contribution in [3.05, 3.63) is 59.7 Å². The van der Waals surface area contributed by atoms with Crippen molar-refractivity contribution in [2.75, 3.05) is 13.1 Å². The molecule has 1 aliphatic rings. The van der Waals surface area contributed by atoms with Gasteiger partial charge in [-0.3, -0.25) is 4.79 Å². The normalized spacial score (nSPS) is 15.6. The average Bonchev–Trinajstić information content (AvgIpc) is 3.03. The molecule has 0 aliphatic carbocycles. The van der Waals surface area contributed by atoms with Gasteiger partial charge in [0.15, 0.2) is 0 Å². The molecule has 7 heteroatoms. The van der Waals surface area contributed by atoms with Gasteiger partial charge in [-0.25, -0.2) is 8.42 Å². The van der Waals surface area contributed by atoms with E-state index >= 15 is 0 Å². The number of sulfonamides is 1. The van der Waals surface area contributed by atoms with E-state index < -0.39 is 10.0 Å². The summed E-state index contributed by atoms with van der Waals surface area (Å²) in [5.74, 6) is 0.410. The smallest absolute Gasteiger partial charge is 0.251 e. The molecule has 0 unspecified atom stereocenters. The summed E-state index contributed by atoms with van der Waals surface area (Å²) in [5.41, 5.74) is 1.20. The summed E-state index contributed by atoms with van der Waals surface area (Å²) in [6, 6.07) is 13.8. The molecule has 6 nitrogen and oxygen atoms in total. The van der Waals surface area contributed by atoms with E-state index in [-0.39, 0.29) is 16.9 Å². The van der Waals surface area contributed by atoms with Gasteiger partial charge < -0.3 is 10.1 Å². The van der Waals surface area contributed by atoms with Crippen LogP contribution in [0.15, 0.2) is 53.4 Å². The van der Waals surface area contributed by atoms with Gasteiger partial charge in [-0.1, -0.05) is 37.1 Å². The molecule has 2 aromatic rings. The van der Waals surface area contributed by atoms with Crippen molar-refractivity contribution in [1.82, 2.24) is 9.62 Å². The third-order valence-electron chi connectivity index (χ3n) is 5.07. The number of hydrogen-bond donors (Lipinski definition) is 1. The number of rotatable bonds is 7. The second-order valence-electron chi connectivity index (χ2n) is 7.80. The van der Waals surface area contributed by atoms with Gasteiger partial charge in [-0.05, 0) is 51.0 Å². The number of para-hydroxylation sites is 1. The van der Waals surface area contributed by atoms with E-state index in [4.69, 9.17) is 4.74 Å². The minimum atomic E-state index is -3.60. The van der Waals surface area contributed by atoms with Crippen molar-refractivity contribution in [1.29, 1.82) is 0 Å². The molecule has 1 saturated heterocycles. The van der Waals surface area contributed by atoms with Crippen molar-refractivity contribution < 1.29 is 17.9 Å². The van der Waals surface area contributed by atoms with E-state index in [1.165, 1.54) is 10.4 Å². The number of hydrogen-bond acceptors (Lipinski definition) is 4. The molecule has 0 atom stereocenters. The maximum absolute atomic E-state index is 13.0. The molecule has 1 aliphatic heterocycles. The lowest BCUT2D eigenvalue weighted by molar-refractivity contribution is 0.0950. The summed E-state index contributed by atoms with van der Waals surface area (Å²) < 4.78 is 33.4. The van der Waals surface area contributed by atoms with E-state index in [0.717, 1.165) is 37.0 Å². The fourth-order valence-electron chi connectivity index (χ4n) is 3.53. The molecular formula is C23H30N2O4S. The van der Waals surface area contributed by atoms with Crippen molar-refractivity contribution in [2.45, 2.75) is 57.1 Å². The fourth-order valence-corrected chi connectivity index (χ4v) is 5.09. The Hall–Kier alpha value is -2.38. The van der Waals surface area contributed by atoms with Crippen LogP contribution in [0.2, 0.25) is 0 Å². The Morgan fingerprint density at radius 3 is 2.43 bits per heavy atom. The second-order valence-corrected chi connectivity index (χ2v) is 9.74. The lowest BCUT2D eigenvalue weighted by atomic mass is 10.1. The molecule has 3 rings (SSSR count). The predicted molar refractivity (Wildman–Crippen MR) is 117 cm³/mol. The Kier molecular flexibility index (Phi) is 7.50. The molecule has 0 bridgehead atoms. The highest BCUT2D eigenvalue weighted by Gasteiger charge is 2.25. The summed E-state index contributed by atoms with van der Waals surface area (Å²) in [6.07, 6.45) is 3.88. The summed E-state index contributed by atoms with van der Waals surface area (Å²) in [4.78, 5) is 12.9. The Morgan fingerprint density at radius 2 is 1.73 bits per heavy atom. The lowest BCUT2D eigenvalue weighted by Crippen LogP contribution is -2.32. The molecule has 1 heterocycles. The number of nitrogens with zero attached hydrogens (tertiary/aromatic N) is 1. The van der Waals surface area contributed by atoms with Crippen LogP contribution >= 0.6 is 0 Å². The summed E-state index contributed by atoms with van der Waals surface area (Å²) in [6.45, 7) is 5.26. The number of nitrogens with one attached hydrogen (secondary N) is 1. The third kappa shape index (κ3) is 5.61. The van der Waals surface area contributed by atoms with Crippen LogP contribution in [0.5, 0.6) is 5.75 Å². The second kappa shape index (κ2) is 10.1. The highest BCUT2D eigenvalue weighted by molar-refractivity contribution is 7.89. The van der Waals surface area contributed by atoms with Gasteiger partial charge >= 0.3 is 0 Å². The van der Waals surface area contributed by atoms with Crippen LogP contribution < -0.4 is 10.1 Å². The summed E-state index contributed by atoms with van der Waals surface area (Å²) in [7, 11) is -3.60. The quantitative estimate of drug-likeness (QED) is 0.721. The van der Waals surface area contributed by atoms with Gasteiger partial charge in [0.2, 0.25) is 10.0 Å². The van der Waals surface area contributed by atoms with E-state index in [0.29, 0.717) is 25.2 Å². The van der Waals surface area contributed by atoms with Crippen LogP contribution in [0.25, 0.3) is 0 Å². The van der Waals surface area contributed by atoms with Crippen LogP contribution in [-0.2, 0) is 16.6 Å².